The molecule has 1 N–H and O–H groups in total. The molecular weight excluding hydrogens is 228 g/mol. The van der Waals surface area contributed by atoms with Crippen LogP contribution >= 0.6 is 0 Å². The molecule has 1 saturated carbocycles. The van der Waals surface area contributed by atoms with Gasteiger partial charge in [-0.05, 0) is 38.6 Å². The van der Waals surface area contributed by atoms with Crippen LogP contribution in [0.3, 0.4) is 0 Å². The summed E-state index contributed by atoms with van der Waals surface area (Å²) in [4.78, 5) is 4.34. The number of ether oxygens (including phenoxy) is 1. The number of hydrogen-bond acceptors (Lipinski definition) is 4. The molecule has 1 aliphatic carbocycles. The fraction of sp³-hybridized carbons (Fsp3) is 0.786. The molecule has 4 heteroatoms. The van der Waals surface area contributed by atoms with E-state index in [0.717, 1.165) is 56.5 Å². The monoisotopic (exact) mass is 250 g/mol. The summed E-state index contributed by atoms with van der Waals surface area (Å²) in [6, 6.07) is 0.796. The summed E-state index contributed by atoms with van der Waals surface area (Å²) >= 11 is 0. The van der Waals surface area contributed by atoms with E-state index in [-0.39, 0.29) is 0 Å². The van der Waals surface area contributed by atoms with Gasteiger partial charge in [-0.25, -0.2) is 4.98 Å². The molecule has 3 rings (SSSR count). The summed E-state index contributed by atoms with van der Waals surface area (Å²) < 4.78 is 11.3. The fourth-order valence-electron chi connectivity index (χ4n) is 2.42. The van der Waals surface area contributed by atoms with E-state index in [2.05, 4.69) is 10.3 Å². The summed E-state index contributed by atoms with van der Waals surface area (Å²) in [6.45, 7) is 1.98. The van der Waals surface area contributed by atoms with E-state index in [9.17, 15) is 0 Å². The van der Waals surface area contributed by atoms with Crippen LogP contribution < -0.4 is 5.32 Å². The van der Waals surface area contributed by atoms with Crippen molar-refractivity contribution in [1.82, 2.24) is 10.3 Å². The first kappa shape index (κ1) is 12.2. The average molecular weight is 250 g/mol. The Morgan fingerprint density at radius 1 is 1.33 bits per heavy atom. The minimum absolute atomic E-state index is 0.349. The lowest BCUT2D eigenvalue weighted by molar-refractivity contribution is 0.106. The maximum absolute atomic E-state index is 5.75. The molecule has 0 spiro atoms. The van der Waals surface area contributed by atoms with Crippen LogP contribution in [0.25, 0.3) is 0 Å². The lowest BCUT2D eigenvalue weighted by Crippen LogP contribution is -2.17. The maximum Gasteiger partial charge on any atom is 0.194 e. The topological polar surface area (TPSA) is 47.3 Å². The molecule has 1 saturated heterocycles. The van der Waals surface area contributed by atoms with E-state index in [1.165, 1.54) is 19.3 Å². The number of rotatable bonds is 7. The van der Waals surface area contributed by atoms with Gasteiger partial charge in [-0.2, -0.15) is 0 Å². The average Bonchev–Trinajstić information content (AvgIpc) is 2.88. The highest BCUT2D eigenvalue weighted by molar-refractivity contribution is 4.97. The van der Waals surface area contributed by atoms with Gasteiger partial charge in [0.1, 0.15) is 5.76 Å². The number of nitrogens with zero attached hydrogens (tertiary/aromatic N) is 1. The zero-order chi connectivity index (χ0) is 12.2. The largest absolute Gasteiger partial charge is 0.446 e. The van der Waals surface area contributed by atoms with Gasteiger partial charge in [0.05, 0.1) is 12.3 Å². The van der Waals surface area contributed by atoms with Crippen molar-refractivity contribution in [2.45, 2.75) is 57.1 Å². The van der Waals surface area contributed by atoms with Crippen LogP contribution in [-0.2, 0) is 17.6 Å². The number of aryl methyl sites for hydroxylation is 1. The van der Waals surface area contributed by atoms with E-state index < -0.39 is 0 Å². The molecule has 1 aromatic heterocycles. The van der Waals surface area contributed by atoms with Gasteiger partial charge in [0.15, 0.2) is 5.89 Å². The lowest BCUT2D eigenvalue weighted by atomic mass is 10.1. The molecule has 0 amide bonds. The molecule has 1 unspecified atom stereocenters. The van der Waals surface area contributed by atoms with Gasteiger partial charge >= 0.3 is 0 Å². The van der Waals surface area contributed by atoms with Crippen LogP contribution in [0, 0.1) is 0 Å². The second-order valence-corrected chi connectivity index (χ2v) is 5.39. The first-order valence-corrected chi connectivity index (χ1v) is 7.19. The van der Waals surface area contributed by atoms with Crippen LogP contribution in [0.5, 0.6) is 0 Å². The molecule has 2 heterocycles. The number of aromatic nitrogens is 1. The quantitative estimate of drug-likeness (QED) is 0.753. The smallest absolute Gasteiger partial charge is 0.194 e. The van der Waals surface area contributed by atoms with Crippen LogP contribution in [0.1, 0.15) is 43.8 Å². The molecule has 2 aliphatic rings. The minimum atomic E-state index is 0.349. The molecule has 2 fully saturated rings. The van der Waals surface area contributed by atoms with Gasteiger partial charge in [-0.3, -0.25) is 0 Å². The Bertz CT molecular complexity index is 368. The minimum Gasteiger partial charge on any atom is -0.446 e. The van der Waals surface area contributed by atoms with E-state index in [1.54, 1.807) is 0 Å². The van der Waals surface area contributed by atoms with Crippen molar-refractivity contribution in [3.63, 3.8) is 0 Å². The molecular formula is C14H22N2O2. The highest BCUT2D eigenvalue weighted by atomic mass is 16.5. The van der Waals surface area contributed by atoms with Crippen molar-refractivity contribution in [2.24, 2.45) is 0 Å². The summed E-state index contributed by atoms with van der Waals surface area (Å²) in [5.41, 5.74) is 0. The Hall–Kier alpha value is -0.870. The molecule has 1 aromatic rings. The normalized spacial score (nSPS) is 23.7. The van der Waals surface area contributed by atoms with Gasteiger partial charge in [-0.15, -0.1) is 0 Å². The Labute approximate surface area is 108 Å². The molecule has 100 valence electrons. The van der Waals surface area contributed by atoms with Crippen LogP contribution in [0.4, 0.5) is 0 Å². The second kappa shape index (κ2) is 5.85. The van der Waals surface area contributed by atoms with Crippen molar-refractivity contribution >= 4 is 0 Å². The van der Waals surface area contributed by atoms with Gasteiger partial charge in [0.25, 0.3) is 0 Å². The van der Waals surface area contributed by atoms with Crippen molar-refractivity contribution in [2.75, 3.05) is 13.2 Å². The number of nitrogens with one attached hydrogen (secondary N) is 1. The first-order valence-electron chi connectivity index (χ1n) is 7.19. The Balaban J connectivity index is 1.37. The van der Waals surface area contributed by atoms with E-state index in [4.69, 9.17) is 9.15 Å². The summed E-state index contributed by atoms with van der Waals surface area (Å²) in [5, 5.41) is 3.50. The summed E-state index contributed by atoms with van der Waals surface area (Å²) in [7, 11) is 0. The third kappa shape index (κ3) is 3.56. The van der Waals surface area contributed by atoms with Gasteiger partial charge in [0, 0.05) is 25.5 Å². The van der Waals surface area contributed by atoms with Gasteiger partial charge in [-0.1, -0.05) is 0 Å². The van der Waals surface area contributed by atoms with E-state index in [0.29, 0.717) is 6.10 Å². The Morgan fingerprint density at radius 3 is 3.06 bits per heavy atom. The van der Waals surface area contributed by atoms with E-state index >= 15 is 0 Å². The Kier molecular flexibility index (Phi) is 3.96. The fourth-order valence-corrected chi connectivity index (χ4v) is 2.42. The molecule has 0 radical (unpaired) electrons. The van der Waals surface area contributed by atoms with Crippen LogP contribution in [-0.4, -0.2) is 30.3 Å². The maximum atomic E-state index is 5.75. The summed E-state index contributed by atoms with van der Waals surface area (Å²) in [5.74, 6) is 1.85. The number of hydrogen-bond donors (Lipinski definition) is 1. The molecule has 18 heavy (non-hydrogen) atoms. The summed E-state index contributed by atoms with van der Waals surface area (Å²) in [6.07, 6.45) is 10.2. The molecule has 1 atom stereocenters. The van der Waals surface area contributed by atoms with Crippen molar-refractivity contribution in [1.29, 1.82) is 0 Å². The molecule has 0 bridgehead atoms. The molecule has 4 nitrogen and oxygen atoms in total. The van der Waals surface area contributed by atoms with Gasteiger partial charge in [0.2, 0.25) is 0 Å². The zero-order valence-electron chi connectivity index (χ0n) is 10.9. The van der Waals surface area contributed by atoms with Crippen LogP contribution in [0.15, 0.2) is 10.6 Å². The lowest BCUT2D eigenvalue weighted by Gasteiger charge is -2.05. The standard InChI is InChI=1S/C14H22N2O2/c1(7-15-11-5-6-11)4-14-16-10-13(18-14)9-12-3-2-8-17-12/h10-12,15H,1-9H2. The zero-order valence-corrected chi connectivity index (χ0v) is 10.9. The first-order chi connectivity index (χ1) is 8.90. The third-order valence-corrected chi connectivity index (χ3v) is 3.63. The van der Waals surface area contributed by atoms with Gasteiger partial charge < -0.3 is 14.5 Å². The highest BCUT2D eigenvalue weighted by Crippen LogP contribution is 2.19. The third-order valence-electron chi connectivity index (χ3n) is 3.63. The highest BCUT2D eigenvalue weighted by Gasteiger charge is 2.20. The van der Waals surface area contributed by atoms with Crippen molar-refractivity contribution in [3.05, 3.63) is 17.8 Å². The predicted molar refractivity (Wildman–Crippen MR) is 68.5 cm³/mol. The second-order valence-electron chi connectivity index (χ2n) is 5.39. The van der Waals surface area contributed by atoms with Crippen molar-refractivity contribution in [3.8, 4) is 0 Å². The van der Waals surface area contributed by atoms with Crippen molar-refractivity contribution < 1.29 is 9.15 Å². The molecule has 1 aliphatic heterocycles. The predicted octanol–water partition coefficient (Wildman–Crippen LogP) is 2.08. The SMILES string of the molecule is c1nc(CCCNC2CC2)oc1CC1CCCO1. The molecule has 0 aromatic carbocycles. The van der Waals surface area contributed by atoms with E-state index in [1.807, 2.05) is 6.20 Å². The number of oxazole rings is 1. The van der Waals surface area contributed by atoms with Crippen LogP contribution in [0.2, 0.25) is 0 Å². The Morgan fingerprint density at radius 2 is 2.28 bits per heavy atom.